The predicted octanol–water partition coefficient (Wildman–Crippen LogP) is 3.91. The summed E-state index contributed by atoms with van der Waals surface area (Å²) < 4.78 is 27.7. The lowest BCUT2D eigenvalue weighted by atomic mass is 9.99. The molecule has 1 unspecified atom stereocenters. The van der Waals surface area contributed by atoms with Crippen LogP contribution in [0.4, 0.5) is 8.78 Å². The van der Waals surface area contributed by atoms with Crippen molar-refractivity contribution in [2.24, 2.45) is 0 Å². The highest BCUT2D eigenvalue weighted by Gasteiger charge is 2.18. The molecule has 0 aliphatic heterocycles. The van der Waals surface area contributed by atoms with Gasteiger partial charge in [0.25, 0.3) is 0 Å². The Hall–Kier alpha value is -1.52. The summed E-state index contributed by atoms with van der Waals surface area (Å²) in [5.74, 6) is -0.791. The monoisotopic (exact) mass is 296 g/mol. The molecule has 20 heavy (non-hydrogen) atoms. The van der Waals surface area contributed by atoms with Crippen molar-refractivity contribution in [3.63, 3.8) is 0 Å². The highest BCUT2D eigenvalue weighted by molar-refractivity contribution is 6.31. The highest BCUT2D eigenvalue weighted by atomic mass is 35.5. The number of aromatic nitrogens is 1. The van der Waals surface area contributed by atoms with Crippen molar-refractivity contribution >= 4 is 11.6 Å². The van der Waals surface area contributed by atoms with Gasteiger partial charge in [-0.3, -0.25) is 4.98 Å². The van der Waals surface area contributed by atoms with Crippen LogP contribution in [0.15, 0.2) is 36.7 Å². The third kappa shape index (κ3) is 3.32. The van der Waals surface area contributed by atoms with Crippen LogP contribution in [0.5, 0.6) is 0 Å². The Labute approximate surface area is 121 Å². The molecule has 0 bridgehead atoms. The maximum absolute atomic E-state index is 13.8. The molecule has 0 aliphatic carbocycles. The SMILES string of the molecule is CCNC(Cc1c(F)cccc1Cl)c1ccncc1F. The molecule has 106 valence electrons. The normalized spacial score (nSPS) is 12.4. The van der Waals surface area contributed by atoms with Gasteiger partial charge in [-0.1, -0.05) is 24.6 Å². The van der Waals surface area contributed by atoms with E-state index >= 15 is 0 Å². The van der Waals surface area contributed by atoms with Crippen molar-refractivity contribution in [2.75, 3.05) is 6.54 Å². The van der Waals surface area contributed by atoms with Crippen LogP contribution < -0.4 is 5.32 Å². The van der Waals surface area contributed by atoms with Crippen molar-refractivity contribution in [3.05, 3.63) is 64.4 Å². The highest BCUT2D eigenvalue weighted by Crippen LogP contribution is 2.26. The molecule has 0 amide bonds. The smallest absolute Gasteiger partial charge is 0.146 e. The molecule has 1 aromatic heterocycles. The van der Waals surface area contributed by atoms with Gasteiger partial charge in [0, 0.05) is 28.4 Å². The zero-order chi connectivity index (χ0) is 14.5. The topological polar surface area (TPSA) is 24.9 Å². The summed E-state index contributed by atoms with van der Waals surface area (Å²) in [5.41, 5.74) is 0.845. The molecule has 5 heteroatoms. The van der Waals surface area contributed by atoms with Crippen LogP contribution in [0.3, 0.4) is 0 Å². The molecule has 0 radical (unpaired) electrons. The van der Waals surface area contributed by atoms with Gasteiger partial charge in [0.15, 0.2) is 0 Å². The minimum absolute atomic E-state index is 0.278. The van der Waals surface area contributed by atoms with Crippen molar-refractivity contribution in [1.82, 2.24) is 10.3 Å². The number of pyridine rings is 1. The summed E-state index contributed by atoms with van der Waals surface area (Å²) >= 11 is 6.03. The van der Waals surface area contributed by atoms with Gasteiger partial charge < -0.3 is 5.32 Å². The number of hydrogen-bond acceptors (Lipinski definition) is 2. The van der Waals surface area contributed by atoms with Gasteiger partial charge in [0.2, 0.25) is 0 Å². The van der Waals surface area contributed by atoms with E-state index in [1.165, 1.54) is 12.3 Å². The second kappa shape index (κ2) is 6.77. The van der Waals surface area contributed by atoms with E-state index in [-0.39, 0.29) is 18.3 Å². The third-order valence-electron chi connectivity index (χ3n) is 3.10. The largest absolute Gasteiger partial charge is 0.310 e. The summed E-state index contributed by atoms with van der Waals surface area (Å²) in [6.45, 7) is 2.55. The fourth-order valence-corrected chi connectivity index (χ4v) is 2.38. The van der Waals surface area contributed by atoms with Crippen molar-refractivity contribution in [2.45, 2.75) is 19.4 Å². The summed E-state index contributed by atoms with van der Waals surface area (Å²) in [6.07, 6.45) is 2.95. The van der Waals surface area contributed by atoms with Gasteiger partial charge >= 0.3 is 0 Å². The average Bonchev–Trinajstić information content (AvgIpc) is 2.43. The molecule has 1 N–H and O–H groups in total. The first-order valence-corrected chi connectivity index (χ1v) is 6.77. The van der Waals surface area contributed by atoms with Crippen LogP contribution >= 0.6 is 11.6 Å². The Morgan fingerprint density at radius 2 is 2.05 bits per heavy atom. The van der Waals surface area contributed by atoms with Crippen LogP contribution in [-0.2, 0) is 6.42 Å². The maximum Gasteiger partial charge on any atom is 0.146 e. The second-order valence-corrected chi connectivity index (χ2v) is 4.82. The Morgan fingerprint density at radius 1 is 1.25 bits per heavy atom. The number of benzene rings is 1. The molecule has 1 aromatic carbocycles. The molecular weight excluding hydrogens is 282 g/mol. The molecule has 1 atom stereocenters. The molecule has 0 saturated carbocycles. The number of rotatable bonds is 5. The number of nitrogens with zero attached hydrogens (tertiary/aromatic N) is 1. The zero-order valence-electron chi connectivity index (χ0n) is 11.0. The first-order chi connectivity index (χ1) is 9.63. The minimum Gasteiger partial charge on any atom is -0.310 e. The molecule has 2 rings (SSSR count). The maximum atomic E-state index is 13.8. The van der Waals surface area contributed by atoms with E-state index in [0.29, 0.717) is 22.7 Å². The van der Waals surface area contributed by atoms with E-state index in [0.717, 1.165) is 6.20 Å². The summed E-state index contributed by atoms with van der Waals surface area (Å²) in [6, 6.07) is 5.78. The van der Waals surface area contributed by atoms with Gasteiger partial charge in [-0.15, -0.1) is 0 Å². The first kappa shape index (κ1) is 14.9. The average molecular weight is 297 g/mol. The van der Waals surface area contributed by atoms with E-state index < -0.39 is 5.82 Å². The van der Waals surface area contributed by atoms with E-state index in [4.69, 9.17) is 11.6 Å². The third-order valence-corrected chi connectivity index (χ3v) is 3.45. The van der Waals surface area contributed by atoms with Crippen LogP contribution in [0, 0.1) is 11.6 Å². The van der Waals surface area contributed by atoms with Crippen LogP contribution in [0.2, 0.25) is 5.02 Å². The Balaban J connectivity index is 2.33. The molecule has 0 fully saturated rings. The summed E-state index contributed by atoms with van der Waals surface area (Å²) in [4.78, 5) is 3.73. The lowest BCUT2D eigenvalue weighted by molar-refractivity contribution is 0.496. The molecular formula is C15H15ClF2N2. The summed E-state index contributed by atoms with van der Waals surface area (Å²) in [5, 5.41) is 3.50. The predicted molar refractivity (Wildman–Crippen MR) is 75.7 cm³/mol. The van der Waals surface area contributed by atoms with E-state index in [9.17, 15) is 8.78 Å². The fraction of sp³-hybridized carbons (Fsp3) is 0.267. The van der Waals surface area contributed by atoms with Gasteiger partial charge in [-0.2, -0.15) is 0 Å². The van der Waals surface area contributed by atoms with E-state index in [1.54, 1.807) is 18.2 Å². The standard InChI is InChI=1S/C15H15ClF2N2/c1-2-20-15(10-6-7-19-9-14(10)18)8-11-12(16)4-3-5-13(11)17/h3-7,9,15,20H,2,8H2,1H3. The number of nitrogens with one attached hydrogen (secondary N) is 1. The lowest BCUT2D eigenvalue weighted by Crippen LogP contribution is -2.24. The zero-order valence-corrected chi connectivity index (χ0v) is 11.8. The number of likely N-dealkylation sites (N-methyl/N-ethyl adjacent to an activating group) is 1. The van der Waals surface area contributed by atoms with Gasteiger partial charge in [0.05, 0.1) is 6.20 Å². The van der Waals surface area contributed by atoms with Gasteiger partial charge in [-0.25, -0.2) is 8.78 Å². The quantitative estimate of drug-likeness (QED) is 0.905. The molecule has 0 saturated heterocycles. The van der Waals surface area contributed by atoms with E-state index in [1.807, 2.05) is 6.92 Å². The fourth-order valence-electron chi connectivity index (χ4n) is 2.14. The molecule has 0 aliphatic rings. The number of hydrogen-bond donors (Lipinski definition) is 1. The van der Waals surface area contributed by atoms with Crippen LogP contribution in [-0.4, -0.2) is 11.5 Å². The van der Waals surface area contributed by atoms with Crippen molar-refractivity contribution in [1.29, 1.82) is 0 Å². The number of halogens is 3. The molecule has 2 aromatic rings. The lowest BCUT2D eigenvalue weighted by Gasteiger charge is -2.19. The van der Waals surface area contributed by atoms with Gasteiger partial charge in [0.1, 0.15) is 11.6 Å². The molecule has 1 heterocycles. The summed E-state index contributed by atoms with van der Waals surface area (Å²) in [7, 11) is 0. The van der Waals surface area contributed by atoms with E-state index in [2.05, 4.69) is 10.3 Å². The Kier molecular flexibility index (Phi) is 5.04. The van der Waals surface area contributed by atoms with Crippen molar-refractivity contribution in [3.8, 4) is 0 Å². The Morgan fingerprint density at radius 3 is 2.70 bits per heavy atom. The first-order valence-electron chi connectivity index (χ1n) is 6.39. The van der Waals surface area contributed by atoms with Crippen LogP contribution in [0.25, 0.3) is 0 Å². The molecule has 2 nitrogen and oxygen atoms in total. The Bertz CT molecular complexity index is 570. The van der Waals surface area contributed by atoms with Crippen molar-refractivity contribution < 1.29 is 8.78 Å². The molecule has 0 spiro atoms. The van der Waals surface area contributed by atoms with Gasteiger partial charge in [-0.05, 0) is 31.2 Å². The second-order valence-electron chi connectivity index (χ2n) is 4.41. The van der Waals surface area contributed by atoms with Crippen LogP contribution in [0.1, 0.15) is 24.1 Å². The minimum atomic E-state index is -0.411.